The maximum Gasteiger partial charge on any atom is 0.0646 e. The SMILES string of the molecule is CCN(CC)CCC(O)CSc1cccc(Cl)c1. The Morgan fingerprint density at radius 3 is 2.67 bits per heavy atom. The third-order valence-electron chi connectivity index (χ3n) is 2.91. The highest BCUT2D eigenvalue weighted by molar-refractivity contribution is 7.99. The van der Waals surface area contributed by atoms with Crippen LogP contribution in [0.2, 0.25) is 5.02 Å². The number of aliphatic hydroxyl groups excluding tert-OH is 1. The van der Waals surface area contributed by atoms with Crippen LogP contribution in [0.25, 0.3) is 0 Å². The van der Waals surface area contributed by atoms with Gasteiger partial charge in [0, 0.05) is 22.2 Å². The average Bonchev–Trinajstić information content (AvgIpc) is 2.37. The molecule has 1 aromatic rings. The average molecular weight is 288 g/mol. The highest BCUT2D eigenvalue weighted by Crippen LogP contribution is 2.22. The molecule has 4 heteroatoms. The highest BCUT2D eigenvalue weighted by atomic mass is 35.5. The monoisotopic (exact) mass is 287 g/mol. The molecule has 0 fully saturated rings. The normalized spacial score (nSPS) is 12.9. The van der Waals surface area contributed by atoms with Crippen molar-refractivity contribution in [2.24, 2.45) is 0 Å². The zero-order chi connectivity index (χ0) is 13.4. The van der Waals surface area contributed by atoms with Crippen molar-refractivity contribution < 1.29 is 5.11 Å². The first kappa shape index (κ1) is 15.8. The van der Waals surface area contributed by atoms with Gasteiger partial charge < -0.3 is 10.0 Å². The molecule has 0 radical (unpaired) electrons. The van der Waals surface area contributed by atoms with E-state index in [1.165, 1.54) is 0 Å². The highest BCUT2D eigenvalue weighted by Gasteiger charge is 2.07. The van der Waals surface area contributed by atoms with Gasteiger partial charge in [0.05, 0.1) is 6.10 Å². The predicted octanol–water partition coefficient (Wildman–Crippen LogP) is 3.52. The van der Waals surface area contributed by atoms with E-state index in [9.17, 15) is 5.11 Å². The van der Waals surface area contributed by atoms with E-state index in [1.807, 2.05) is 24.3 Å². The molecule has 102 valence electrons. The van der Waals surface area contributed by atoms with Crippen LogP contribution in [-0.2, 0) is 0 Å². The maximum atomic E-state index is 9.94. The molecule has 0 aliphatic heterocycles. The van der Waals surface area contributed by atoms with Crippen molar-refractivity contribution in [2.45, 2.75) is 31.3 Å². The largest absolute Gasteiger partial charge is 0.392 e. The Kier molecular flexibility index (Phi) is 7.75. The summed E-state index contributed by atoms with van der Waals surface area (Å²) < 4.78 is 0. The lowest BCUT2D eigenvalue weighted by Crippen LogP contribution is -2.27. The van der Waals surface area contributed by atoms with Gasteiger partial charge in [0.15, 0.2) is 0 Å². The summed E-state index contributed by atoms with van der Waals surface area (Å²) in [7, 11) is 0. The zero-order valence-electron chi connectivity index (χ0n) is 11.1. The summed E-state index contributed by atoms with van der Waals surface area (Å²) >= 11 is 7.57. The van der Waals surface area contributed by atoms with Crippen LogP contribution in [0, 0.1) is 0 Å². The Labute approximate surface area is 119 Å². The Balaban J connectivity index is 2.26. The van der Waals surface area contributed by atoms with E-state index in [0.717, 1.165) is 41.7 Å². The summed E-state index contributed by atoms with van der Waals surface area (Å²) in [6.07, 6.45) is 0.574. The standard InChI is InChI=1S/C14H22ClNOS/c1-3-16(4-2)9-8-13(17)11-18-14-7-5-6-12(15)10-14/h5-7,10,13,17H,3-4,8-9,11H2,1-2H3. The molecule has 1 unspecified atom stereocenters. The molecule has 18 heavy (non-hydrogen) atoms. The molecular weight excluding hydrogens is 266 g/mol. The molecule has 0 spiro atoms. The van der Waals surface area contributed by atoms with E-state index in [4.69, 9.17) is 11.6 Å². The fourth-order valence-corrected chi connectivity index (χ4v) is 2.90. The Morgan fingerprint density at radius 2 is 2.06 bits per heavy atom. The molecule has 0 saturated heterocycles. The molecule has 1 rings (SSSR count). The van der Waals surface area contributed by atoms with Gasteiger partial charge in [0.25, 0.3) is 0 Å². The molecule has 1 atom stereocenters. The van der Waals surface area contributed by atoms with E-state index in [1.54, 1.807) is 11.8 Å². The summed E-state index contributed by atoms with van der Waals surface area (Å²) in [5.41, 5.74) is 0. The summed E-state index contributed by atoms with van der Waals surface area (Å²) in [6, 6.07) is 7.76. The summed E-state index contributed by atoms with van der Waals surface area (Å²) in [5.74, 6) is 0.724. The summed E-state index contributed by atoms with van der Waals surface area (Å²) in [6.45, 7) is 7.35. The van der Waals surface area contributed by atoms with Crippen molar-refractivity contribution in [3.05, 3.63) is 29.3 Å². The van der Waals surface area contributed by atoms with Crippen LogP contribution in [0.1, 0.15) is 20.3 Å². The van der Waals surface area contributed by atoms with Crippen LogP contribution in [0.3, 0.4) is 0 Å². The molecule has 0 aliphatic rings. The molecular formula is C14H22ClNOS. The van der Waals surface area contributed by atoms with Crippen molar-refractivity contribution in [3.8, 4) is 0 Å². The van der Waals surface area contributed by atoms with E-state index >= 15 is 0 Å². The van der Waals surface area contributed by atoms with Crippen LogP contribution in [0.5, 0.6) is 0 Å². The van der Waals surface area contributed by atoms with Crippen LogP contribution >= 0.6 is 23.4 Å². The molecule has 0 aliphatic carbocycles. The van der Waals surface area contributed by atoms with E-state index < -0.39 is 0 Å². The Hall–Kier alpha value is -0.220. The van der Waals surface area contributed by atoms with Crippen LogP contribution in [0.4, 0.5) is 0 Å². The summed E-state index contributed by atoms with van der Waals surface area (Å²) in [4.78, 5) is 3.44. The number of benzene rings is 1. The van der Waals surface area contributed by atoms with Gasteiger partial charge in [0.2, 0.25) is 0 Å². The van der Waals surface area contributed by atoms with Gasteiger partial charge in [-0.1, -0.05) is 31.5 Å². The van der Waals surface area contributed by atoms with Crippen molar-refractivity contribution in [1.29, 1.82) is 0 Å². The Morgan fingerprint density at radius 1 is 1.33 bits per heavy atom. The molecule has 1 aromatic carbocycles. The maximum absolute atomic E-state index is 9.94. The van der Waals surface area contributed by atoms with Crippen LogP contribution < -0.4 is 0 Å². The fourth-order valence-electron chi connectivity index (χ4n) is 1.70. The molecule has 0 heterocycles. The third kappa shape index (κ3) is 6.10. The van der Waals surface area contributed by atoms with Gasteiger partial charge in [-0.2, -0.15) is 0 Å². The first-order valence-electron chi connectivity index (χ1n) is 6.44. The van der Waals surface area contributed by atoms with E-state index in [0.29, 0.717) is 0 Å². The second-order valence-corrected chi connectivity index (χ2v) is 5.77. The Bertz CT molecular complexity index is 344. The smallest absolute Gasteiger partial charge is 0.0646 e. The van der Waals surface area contributed by atoms with E-state index in [-0.39, 0.29) is 6.10 Å². The van der Waals surface area contributed by atoms with Crippen molar-refractivity contribution in [2.75, 3.05) is 25.4 Å². The van der Waals surface area contributed by atoms with Crippen molar-refractivity contribution >= 4 is 23.4 Å². The second kappa shape index (κ2) is 8.81. The fraction of sp³-hybridized carbons (Fsp3) is 0.571. The lowest BCUT2D eigenvalue weighted by Gasteiger charge is -2.19. The van der Waals surface area contributed by atoms with Gasteiger partial charge in [0.1, 0.15) is 0 Å². The molecule has 1 N–H and O–H groups in total. The minimum atomic E-state index is -0.255. The third-order valence-corrected chi connectivity index (χ3v) is 4.29. The molecule has 2 nitrogen and oxygen atoms in total. The van der Waals surface area contributed by atoms with Crippen molar-refractivity contribution in [3.63, 3.8) is 0 Å². The molecule has 0 amide bonds. The lowest BCUT2D eigenvalue weighted by atomic mass is 10.2. The summed E-state index contributed by atoms with van der Waals surface area (Å²) in [5, 5.41) is 10.7. The van der Waals surface area contributed by atoms with Gasteiger partial charge in [-0.05, 0) is 37.7 Å². The molecule has 0 bridgehead atoms. The number of aliphatic hydroxyl groups is 1. The number of nitrogens with zero attached hydrogens (tertiary/aromatic N) is 1. The molecule has 0 aromatic heterocycles. The van der Waals surface area contributed by atoms with E-state index in [2.05, 4.69) is 18.7 Å². The number of halogens is 1. The van der Waals surface area contributed by atoms with Gasteiger partial charge >= 0.3 is 0 Å². The van der Waals surface area contributed by atoms with Crippen LogP contribution in [0.15, 0.2) is 29.2 Å². The quantitative estimate of drug-likeness (QED) is 0.740. The number of hydrogen-bond acceptors (Lipinski definition) is 3. The minimum absolute atomic E-state index is 0.255. The second-order valence-electron chi connectivity index (χ2n) is 4.24. The topological polar surface area (TPSA) is 23.5 Å². The molecule has 0 saturated carbocycles. The number of rotatable bonds is 8. The first-order valence-corrected chi connectivity index (χ1v) is 7.80. The van der Waals surface area contributed by atoms with Crippen molar-refractivity contribution in [1.82, 2.24) is 4.90 Å². The predicted molar refractivity (Wildman–Crippen MR) is 80.6 cm³/mol. The van der Waals surface area contributed by atoms with Gasteiger partial charge in [-0.15, -0.1) is 11.8 Å². The van der Waals surface area contributed by atoms with Gasteiger partial charge in [-0.25, -0.2) is 0 Å². The van der Waals surface area contributed by atoms with Gasteiger partial charge in [-0.3, -0.25) is 0 Å². The minimum Gasteiger partial charge on any atom is -0.392 e. The number of thioether (sulfide) groups is 1. The first-order chi connectivity index (χ1) is 8.65. The zero-order valence-corrected chi connectivity index (χ0v) is 12.7. The number of hydrogen-bond donors (Lipinski definition) is 1. The lowest BCUT2D eigenvalue weighted by molar-refractivity contribution is 0.164. The van der Waals surface area contributed by atoms with Crippen LogP contribution in [-0.4, -0.2) is 41.5 Å².